The Morgan fingerprint density at radius 3 is 2.70 bits per heavy atom. The molecule has 0 radical (unpaired) electrons. The second-order valence-electron chi connectivity index (χ2n) is 5.21. The zero-order valence-electron chi connectivity index (χ0n) is 11.5. The van der Waals surface area contributed by atoms with Gasteiger partial charge in [0.15, 0.2) is 0 Å². The van der Waals surface area contributed by atoms with Crippen LogP contribution in [-0.4, -0.2) is 27.5 Å². The van der Waals surface area contributed by atoms with E-state index in [4.69, 9.17) is 5.73 Å². The molecule has 0 bridgehead atoms. The van der Waals surface area contributed by atoms with Gasteiger partial charge in [0.05, 0.1) is 11.1 Å². The Morgan fingerprint density at radius 1 is 1.50 bits per heavy atom. The molecule has 1 saturated carbocycles. The molecule has 0 unspecified atom stereocenters. The number of hydrogen-bond donors (Lipinski definition) is 2. The minimum atomic E-state index is -0.484. The van der Waals surface area contributed by atoms with Crippen molar-refractivity contribution in [3.63, 3.8) is 0 Å². The number of amides is 1. The lowest BCUT2D eigenvalue weighted by molar-refractivity contribution is -0.384. The predicted octanol–water partition coefficient (Wildman–Crippen LogP) is 1.42. The third-order valence-electron chi connectivity index (χ3n) is 3.77. The second-order valence-corrected chi connectivity index (χ2v) is 5.21. The van der Waals surface area contributed by atoms with Gasteiger partial charge in [-0.3, -0.25) is 14.9 Å². The van der Waals surface area contributed by atoms with Gasteiger partial charge in [-0.25, -0.2) is 0 Å². The van der Waals surface area contributed by atoms with Crippen molar-refractivity contribution in [3.05, 3.63) is 28.1 Å². The van der Waals surface area contributed by atoms with E-state index in [0.29, 0.717) is 12.2 Å². The topological polar surface area (TPSA) is 103 Å². The molecule has 1 aromatic heterocycles. The summed E-state index contributed by atoms with van der Waals surface area (Å²) in [4.78, 5) is 22.5. The minimum Gasteiger partial charge on any atom is -0.348 e. The number of aromatic nitrogens is 1. The van der Waals surface area contributed by atoms with Crippen molar-refractivity contribution >= 4 is 11.6 Å². The molecule has 0 saturated heterocycles. The average molecular weight is 280 g/mol. The molecule has 1 fully saturated rings. The summed E-state index contributed by atoms with van der Waals surface area (Å²) in [6.07, 6.45) is 4.93. The summed E-state index contributed by atoms with van der Waals surface area (Å²) in [5.41, 5.74) is 6.12. The molecule has 7 nitrogen and oxygen atoms in total. The van der Waals surface area contributed by atoms with E-state index in [-0.39, 0.29) is 23.7 Å². The number of aryl methyl sites for hydroxylation is 1. The average Bonchev–Trinajstić information content (AvgIpc) is 2.86. The number of nitrogens with one attached hydrogen (secondary N) is 1. The molecule has 2 rings (SSSR count). The summed E-state index contributed by atoms with van der Waals surface area (Å²) in [7, 11) is 0. The van der Waals surface area contributed by atoms with Crippen LogP contribution in [0.1, 0.15) is 43.1 Å². The van der Waals surface area contributed by atoms with E-state index >= 15 is 0 Å². The fourth-order valence-electron chi connectivity index (χ4n) is 2.57. The van der Waals surface area contributed by atoms with Gasteiger partial charge < -0.3 is 15.6 Å². The van der Waals surface area contributed by atoms with Crippen molar-refractivity contribution < 1.29 is 9.72 Å². The number of nitrogens with zero attached hydrogens (tertiary/aromatic N) is 2. The maximum Gasteiger partial charge on any atom is 0.287 e. The van der Waals surface area contributed by atoms with Gasteiger partial charge in [0, 0.05) is 24.7 Å². The van der Waals surface area contributed by atoms with Crippen LogP contribution in [0, 0.1) is 10.1 Å². The van der Waals surface area contributed by atoms with Gasteiger partial charge in [-0.15, -0.1) is 0 Å². The Kier molecular flexibility index (Phi) is 4.39. The Hall–Kier alpha value is -1.89. The van der Waals surface area contributed by atoms with Crippen LogP contribution in [-0.2, 0) is 6.54 Å². The highest BCUT2D eigenvalue weighted by Crippen LogP contribution is 2.19. The van der Waals surface area contributed by atoms with Gasteiger partial charge in [-0.2, -0.15) is 0 Å². The monoisotopic (exact) mass is 280 g/mol. The van der Waals surface area contributed by atoms with Crippen LogP contribution in [0.3, 0.4) is 0 Å². The normalized spacial score (nSPS) is 22.5. The van der Waals surface area contributed by atoms with Gasteiger partial charge in [-0.1, -0.05) is 0 Å². The molecule has 1 heterocycles. The second kappa shape index (κ2) is 6.04. The maximum atomic E-state index is 12.2. The Labute approximate surface area is 117 Å². The van der Waals surface area contributed by atoms with E-state index in [0.717, 1.165) is 25.7 Å². The Bertz CT molecular complexity index is 504. The summed E-state index contributed by atoms with van der Waals surface area (Å²) < 4.78 is 1.60. The van der Waals surface area contributed by atoms with Crippen molar-refractivity contribution in [1.29, 1.82) is 0 Å². The summed E-state index contributed by atoms with van der Waals surface area (Å²) in [5, 5.41) is 13.7. The molecule has 1 aliphatic carbocycles. The molecule has 3 N–H and O–H groups in total. The first-order valence-corrected chi connectivity index (χ1v) is 6.92. The summed E-state index contributed by atoms with van der Waals surface area (Å²) >= 11 is 0. The largest absolute Gasteiger partial charge is 0.348 e. The molecule has 20 heavy (non-hydrogen) atoms. The van der Waals surface area contributed by atoms with Crippen LogP contribution in [0.25, 0.3) is 0 Å². The molecule has 1 amide bonds. The van der Waals surface area contributed by atoms with Crippen molar-refractivity contribution in [1.82, 2.24) is 9.88 Å². The zero-order valence-corrected chi connectivity index (χ0v) is 11.5. The number of hydrogen-bond acceptors (Lipinski definition) is 4. The molecular formula is C13H20N4O3. The molecule has 110 valence electrons. The van der Waals surface area contributed by atoms with E-state index in [1.54, 1.807) is 4.57 Å². The first-order chi connectivity index (χ1) is 9.51. The third-order valence-corrected chi connectivity index (χ3v) is 3.77. The minimum absolute atomic E-state index is 0.0531. The number of carbonyl (C=O) groups is 1. The van der Waals surface area contributed by atoms with Crippen molar-refractivity contribution in [3.8, 4) is 0 Å². The van der Waals surface area contributed by atoms with Crippen LogP contribution in [0.5, 0.6) is 0 Å². The summed E-state index contributed by atoms with van der Waals surface area (Å²) in [6.45, 7) is 2.37. The lowest BCUT2D eigenvalue weighted by atomic mass is 9.92. The van der Waals surface area contributed by atoms with E-state index in [1.807, 2.05) is 6.92 Å². The number of carbonyl (C=O) groups excluding carboxylic acids is 1. The number of nitro groups is 1. The van der Waals surface area contributed by atoms with Crippen LogP contribution in [0.2, 0.25) is 0 Å². The lowest BCUT2D eigenvalue weighted by Crippen LogP contribution is -2.41. The molecule has 0 aliphatic heterocycles. The van der Waals surface area contributed by atoms with E-state index in [1.165, 1.54) is 12.3 Å². The van der Waals surface area contributed by atoms with Gasteiger partial charge in [0.25, 0.3) is 11.6 Å². The van der Waals surface area contributed by atoms with Crippen molar-refractivity contribution in [2.75, 3.05) is 0 Å². The third kappa shape index (κ3) is 3.16. The quantitative estimate of drug-likeness (QED) is 0.643. The predicted molar refractivity (Wildman–Crippen MR) is 74.5 cm³/mol. The van der Waals surface area contributed by atoms with Crippen molar-refractivity contribution in [2.24, 2.45) is 5.73 Å². The molecule has 0 atom stereocenters. The highest BCUT2D eigenvalue weighted by molar-refractivity contribution is 5.93. The van der Waals surface area contributed by atoms with Crippen molar-refractivity contribution in [2.45, 2.75) is 51.2 Å². The zero-order chi connectivity index (χ0) is 14.7. The molecule has 7 heteroatoms. The highest BCUT2D eigenvalue weighted by Gasteiger charge is 2.23. The van der Waals surface area contributed by atoms with Gasteiger partial charge >= 0.3 is 0 Å². The number of nitrogens with two attached hydrogens (primary N) is 1. The first kappa shape index (κ1) is 14.5. The van der Waals surface area contributed by atoms with Crippen LogP contribution >= 0.6 is 0 Å². The van der Waals surface area contributed by atoms with E-state index < -0.39 is 4.92 Å². The number of rotatable bonds is 4. The molecule has 0 spiro atoms. The maximum absolute atomic E-state index is 12.2. The van der Waals surface area contributed by atoms with E-state index in [9.17, 15) is 14.9 Å². The van der Waals surface area contributed by atoms with E-state index in [2.05, 4.69) is 5.32 Å². The van der Waals surface area contributed by atoms with Crippen LogP contribution < -0.4 is 11.1 Å². The van der Waals surface area contributed by atoms with Crippen LogP contribution in [0.4, 0.5) is 5.69 Å². The standard InChI is InChI=1S/C13H20N4O3/c1-2-16-8-11(17(19)20)7-12(16)13(18)15-10-5-3-9(14)4-6-10/h7-10H,2-6,14H2,1H3,(H,15,18). The highest BCUT2D eigenvalue weighted by atomic mass is 16.6. The Morgan fingerprint density at radius 2 is 2.15 bits per heavy atom. The lowest BCUT2D eigenvalue weighted by Gasteiger charge is -2.26. The molecule has 0 aromatic carbocycles. The smallest absolute Gasteiger partial charge is 0.287 e. The van der Waals surface area contributed by atoms with Crippen LogP contribution in [0.15, 0.2) is 12.3 Å². The SMILES string of the molecule is CCn1cc([N+](=O)[O-])cc1C(=O)NC1CCC(N)CC1. The van der Waals surface area contributed by atoms with Gasteiger partial charge in [0.2, 0.25) is 0 Å². The molecular weight excluding hydrogens is 260 g/mol. The first-order valence-electron chi connectivity index (χ1n) is 6.92. The van der Waals surface area contributed by atoms with Gasteiger partial charge in [-0.05, 0) is 32.6 Å². The van der Waals surface area contributed by atoms with Gasteiger partial charge in [0.1, 0.15) is 5.69 Å². The molecule has 1 aromatic rings. The Balaban J connectivity index is 2.06. The fourth-order valence-corrected chi connectivity index (χ4v) is 2.57. The molecule has 1 aliphatic rings. The summed E-state index contributed by atoms with van der Waals surface area (Å²) in [5.74, 6) is -0.250. The summed E-state index contributed by atoms with van der Waals surface area (Å²) in [6, 6.07) is 1.67. The fraction of sp³-hybridized carbons (Fsp3) is 0.615.